The van der Waals surface area contributed by atoms with Crippen LogP contribution < -0.4 is 0 Å². The molecule has 1 aromatic rings. The van der Waals surface area contributed by atoms with Crippen LogP contribution in [0.25, 0.3) is 0 Å². The molecule has 2 rings (SSSR count). The number of hydrogen-bond donors (Lipinski definition) is 2. The first-order valence-electron chi connectivity index (χ1n) is 4.12. The Balaban J connectivity index is 2.27. The predicted octanol–water partition coefficient (Wildman–Crippen LogP) is 1.23. The standard InChI is InChI=1S/C9H10O3S/c10-7(8(11)12)9(3-4-9)6-2-1-5-13-6/h1-2,5,7,10H,3-4H2,(H,11,12). The molecular weight excluding hydrogens is 188 g/mol. The van der Waals surface area contributed by atoms with Crippen LogP contribution >= 0.6 is 11.3 Å². The zero-order valence-corrected chi connectivity index (χ0v) is 7.75. The highest BCUT2D eigenvalue weighted by molar-refractivity contribution is 7.10. The van der Waals surface area contributed by atoms with Crippen molar-refractivity contribution < 1.29 is 15.0 Å². The molecule has 70 valence electrons. The van der Waals surface area contributed by atoms with Crippen LogP contribution in [0, 0.1) is 0 Å². The average Bonchev–Trinajstić information content (AvgIpc) is 2.72. The van der Waals surface area contributed by atoms with E-state index in [1.54, 1.807) is 0 Å². The van der Waals surface area contributed by atoms with E-state index in [1.807, 2.05) is 17.5 Å². The number of aliphatic hydroxyl groups excluding tert-OH is 1. The van der Waals surface area contributed by atoms with Gasteiger partial charge in [0, 0.05) is 10.3 Å². The third kappa shape index (κ3) is 1.26. The van der Waals surface area contributed by atoms with Crippen LogP contribution in [0.3, 0.4) is 0 Å². The van der Waals surface area contributed by atoms with Gasteiger partial charge < -0.3 is 10.2 Å². The van der Waals surface area contributed by atoms with Gasteiger partial charge in [0.1, 0.15) is 0 Å². The summed E-state index contributed by atoms with van der Waals surface area (Å²) in [5, 5.41) is 20.1. The summed E-state index contributed by atoms with van der Waals surface area (Å²) in [7, 11) is 0. The molecule has 0 aliphatic heterocycles. The minimum Gasteiger partial charge on any atom is -0.479 e. The number of aliphatic carboxylic acids is 1. The lowest BCUT2D eigenvalue weighted by atomic mass is 9.97. The second-order valence-electron chi connectivity index (χ2n) is 3.37. The highest BCUT2D eigenvalue weighted by Crippen LogP contribution is 2.52. The second kappa shape index (κ2) is 2.82. The van der Waals surface area contributed by atoms with Gasteiger partial charge in [0.25, 0.3) is 0 Å². The van der Waals surface area contributed by atoms with Crippen molar-refractivity contribution in [3.63, 3.8) is 0 Å². The molecule has 1 aliphatic carbocycles. The van der Waals surface area contributed by atoms with Gasteiger partial charge in [-0.25, -0.2) is 4.79 Å². The van der Waals surface area contributed by atoms with Crippen LogP contribution in [0.2, 0.25) is 0 Å². The van der Waals surface area contributed by atoms with Gasteiger partial charge in [-0.2, -0.15) is 0 Å². The molecule has 0 radical (unpaired) electrons. The first kappa shape index (κ1) is 8.72. The van der Waals surface area contributed by atoms with Crippen LogP contribution in [-0.4, -0.2) is 22.3 Å². The monoisotopic (exact) mass is 198 g/mol. The highest BCUT2D eigenvalue weighted by atomic mass is 32.1. The van der Waals surface area contributed by atoms with Gasteiger partial charge in [0.05, 0.1) is 0 Å². The van der Waals surface area contributed by atoms with Crippen molar-refractivity contribution in [2.75, 3.05) is 0 Å². The molecule has 1 unspecified atom stereocenters. The van der Waals surface area contributed by atoms with Crippen molar-refractivity contribution in [1.82, 2.24) is 0 Å². The Kier molecular flexibility index (Phi) is 1.89. The van der Waals surface area contributed by atoms with Crippen molar-refractivity contribution in [3.05, 3.63) is 22.4 Å². The summed E-state index contributed by atoms with van der Waals surface area (Å²) >= 11 is 1.51. The minimum atomic E-state index is -1.24. The summed E-state index contributed by atoms with van der Waals surface area (Å²) < 4.78 is 0. The Hall–Kier alpha value is -0.870. The fourth-order valence-electron chi connectivity index (χ4n) is 1.59. The van der Waals surface area contributed by atoms with Crippen molar-refractivity contribution in [2.45, 2.75) is 24.4 Å². The molecular formula is C9H10O3S. The van der Waals surface area contributed by atoms with E-state index in [2.05, 4.69) is 0 Å². The number of carboxylic acid groups (broad SMARTS) is 1. The number of hydrogen-bond acceptors (Lipinski definition) is 3. The molecule has 1 aliphatic rings. The first-order chi connectivity index (χ1) is 6.17. The lowest BCUT2D eigenvalue weighted by Gasteiger charge is -2.16. The van der Waals surface area contributed by atoms with E-state index in [9.17, 15) is 9.90 Å². The SMILES string of the molecule is O=C(O)C(O)C1(c2cccs2)CC1. The Labute approximate surface area is 79.6 Å². The van der Waals surface area contributed by atoms with Crippen molar-refractivity contribution in [2.24, 2.45) is 0 Å². The number of thiophene rings is 1. The molecule has 0 spiro atoms. The summed E-state index contributed by atoms with van der Waals surface area (Å²) in [6, 6.07) is 3.78. The first-order valence-corrected chi connectivity index (χ1v) is 5.00. The molecule has 2 N–H and O–H groups in total. The van der Waals surface area contributed by atoms with Crippen LogP contribution in [0.1, 0.15) is 17.7 Å². The van der Waals surface area contributed by atoms with Gasteiger partial charge in [-0.1, -0.05) is 6.07 Å². The number of rotatable bonds is 3. The molecule has 13 heavy (non-hydrogen) atoms. The molecule has 1 aromatic heterocycles. The van der Waals surface area contributed by atoms with Gasteiger partial charge >= 0.3 is 5.97 Å². The van der Waals surface area contributed by atoms with Crippen LogP contribution in [0.4, 0.5) is 0 Å². The lowest BCUT2D eigenvalue weighted by molar-refractivity contribution is -0.148. The van der Waals surface area contributed by atoms with E-state index in [-0.39, 0.29) is 0 Å². The summed E-state index contributed by atoms with van der Waals surface area (Å²) in [4.78, 5) is 11.6. The van der Waals surface area contributed by atoms with Crippen LogP contribution in [0.15, 0.2) is 17.5 Å². The van der Waals surface area contributed by atoms with Gasteiger partial charge in [-0.3, -0.25) is 0 Å². The third-order valence-corrected chi connectivity index (χ3v) is 3.65. The summed E-state index contributed by atoms with van der Waals surface area (Å²) in [6.45, 7) is 0. The largest absolute Gasteiger partial charge is 0.479 e. The predicted molar refractivity (Wildman–Crippen MR) is 48.9 cm³/mol. The molecule has 0 amide bonds. The van der Waals surface area contributed by atoms with E-state index in [0.29, 0.717) is 0 Å². The van der Waals surface area contributed by atoms with E-state index in [0.717, 1.165) is 17.7 Å². The summed E-state index contributed by atoms with van der Waals surface area (Å²) in [5.41, 5.74) is -0.472. The van der Waals surface area contributed by atoms with Gasteiger partial charge in [0.15, 0.2) is 6.10 Å². The fraction of sp³-hybridized carbons (Fsp3) is 0.444. The molecule has 1 atom stereocenters. The molecule has 0 saturated heterocycles. The normalized spacial score (nSPS) is 21.0. The van der Waals surface area contributed by atoms with E-state index in [1.165, 1.54) is 11.3 Å². The highest BCUT2D eigenvalue weighted by Gasteiger charge is 2.54. The smallest absolute Gasteiger partial charge is 0.333 e. The van der Waals surface area contributed by atoms with E-state index in [4.69, 9.17) is 5.11 Å². The minimum absolute atomic E-state index is 0.472. The van der Waals surface area contributed by atoms with Gasteiger partial charge in [0.2, 0.25) is 0 Å². The molecule has 0 bridgehead atoms. The number of carbonyl (C=O) groups is 1. The third-order valence-electron chi connectivity index (χ3n) is 2.56. The molecule has 1 heterocycles. The fourth-order valence-corrected chi connectivity index (χ4v) is 2.60. The maximum absolute atomic E-state index is 10.6. The Morgan fingerprint density at radius 3 is 2.69 bits per heavy atom. The summed E-state index contributed by atoms with van der Waals surface area (Å²) in [6.07, 6.45) is 0.313. The average molecular weight is 198 g/mol. The maximum atomic E-state index is 10.6. The number of aliphatic hydroxyl groups is 1. The topological polar surface area (TPSA) is 57.5 Å². The number of carboxylic acids is 1. The van der Waals surface area contributed by atoms with Gasteiger partial charge in [-0.05, 0) is 24.3 Å². The molecule has 0 aromatic carbocycles. The van der Waals surface area contributed by atoms with Crippen molar-refractivity contribution in [1.29, 1.82) is 0 Å². The zero-order valence-electron chi connectivity index (χ0n) is 6.93. The molecule has 3 nitrogen and oxygen atoms in total. The Morgan fingerprint density at radius 2 is 2.31 bits per heavy atom. The van der Waals surface area contributed by atoms with Crippen molar-refractivity contribution >= 4 is 17.3 Å². The maximum Gasteiger partial charge on any atom is 0.333 e. The van der Waals surface area contributed by atoms with Crippen LogP contribution in [-0.2, 0) is 10.2 Å². The second-order valence-corrected chi connectivity index (χ2v) is 4.32. The van der Waals surface area contributed by atoms with E-state index < -0.39 is 17.5 Å². The van der Waals surface area contributed by atoms with Gasteiger partial charge in [-0.15, -0.1) is 11.3 Å². The Bertz CT molecular complexity index is 314. The quantitative estimate of drug-likeness (QED) is 0.768. The molecule has 1 saturated carbocycles. The zero-order chi connectivity index (χ0) is 9.47. The summed E-state index contributed by atoms with van der Waals surface area (Å²) in [5.74, 6) is -1.12. The molecule has 1 fully saturated rings. The van der Waals surface area contributed by atoms with E-state index >= 15 is 0 Å². The molecule has 4 heteroatoms. The van der Waals surface area contributed by atoms with Crippen LogP contribution in [0.5, 0.6) is 0 Å². The lowest BCUT2D eigenvalue weighted by Crippen LogP contribution is -2.33. The van der Waals surface area contributed by atoms with Crippen molar-refractivity contribution in [3.8, 4) is 0 Å². The Morgan fingerprint density at radius 1 is 1.62 bits per heavy atom.